The maximum Gasteiger partial charge on any atom is 0.147 e. The molecular weight excluding hydrogens is 297 g/mol. The molecule has 0 atom stereocenters. The van der Waals surface area contributed by atoms with Crippen LogP contribution in [0.2, 0.25) is 0 Å². The van der Waals surface area contributed by atoms with Gasteiger partial charge in [0.05, 0.1) is 5.56 Å². The van der Waals surface area contributed by atoms with Crippen molar-refractivity contribution in [2.75, 3.05) is 0 Å². The zero-order valence-electron chi connectivity index (χ0n) is 9.36. The van der Waals surface area contributed by atoms with Gasteiger partial charge in [-0.3, -0.25) is 0 Å². The number of rotatable bonds is 3. The van der Waals surface area contributed by atoms with E-state index in [1.165, 1.54) is 6.07 Å². The van der Waals surface area contributed by atoms with Crippen molar-refractivity contribution in [3.8, 4) is 11.8 Å². The van der Waals surface area contributed by atoms with E-state index in [-0.39, 0.29) is 12.2 Å². The van der Waals surface area contributed by atoms with E-state index in [9.17, 15) is 4.39 Å². The second-order valence-electron chi connectivity index (χ2n) is 3.64. The van der Waals surface area contributed by atoms with E-state index in [1.807, 2.05) is 12.1 Å². The lowest BCUT2D eigenvalue weighted by Gasteiger charge is -2.08. The van der Waals surface area contributed by atoms with Crippen molar-refractivity contribution < 1.29 is 9.13 Å². The quantitative estimate of drug-likeness (QED) is 0.857. The van der Waals surface area contributed by atoms with E-state index in [1.54, 1.807) is 30.3 Å². The predicted octanol–water partition coefficient (Wildman–Crippen LogP) is 4.04. The minimum atomic E-state index is -0.519. The fraction of sp³-hybridized carbons (Fsp3) is 0.0714. The van der Waals surface area contributed by atoms with Gasteiger partial charge in [-0.15, -0.1) is 0 Å². The highest BCUT2D eigenvalue weighted by atomic mass is 79.9. The van der Waals surface area contributed by atoms with Crippen LogP contribution in [-0.2, 0) is 6.61 Å². The molecule has 18 heavy (non-hydrogen) atoms. The SMILES string of the molecule is N#Cc1cccc(COc2cccc(Br)c2)c1F. The van der Waals surface area contributed by atoms with Gasteiger partial charge in [0.25, 0.3) is 0 Å². The Morgan fingerprint density at radius 3 is 2.72 bits per heavy atom. The Labute approximate surface area is 113 Å². The average molecular weight is 306 g/mol. The Balaban J connectivity index is 2.14. The molecule has 0 saturated heterocycles. The van der Waals surface area contributed by atoms with Gasteiger partial charge in [-0.25, -0.2) is 4.39 Å². The van der Waals surface area contributed by atoms with Crippen LogP contribution in [0.25, 0.3) is 0 Å². The highest BCUT2D eigenvalue weighted by molar-refractivity contribution is 9.10. The molecule has 2 rings (SSSR count). The van der Waals surface area contributed by atoms with Crippen molar-refractivity contribution in [3.63, 3.8) is 0 Å². The number of nitrogens with zero attached hydrogens (tertiary/aromatic N) is 1. The maximum absolute atomic E-state index is 13.7. The molecule has 0 bridgehead atoms. The Morgan fingerprint density at radius 2 is 2.00 bits per heavy atom. The topological polar surface area (TPSA) is 33.0 Å². The fourth-order valence-electron chi connectivity index (χ4n) is 1.50. The van der Waals surface area contributed by atoms with Gasteiger partial charge in [-0.2, -0.15) is 5.26 Å². The van der Waals surface area contributed by atoms with Gasteiger partial charge in [-0.1, -0.05) is 34.1 Å². The van der Waals surface area contributed by atoms with E-state index < -0.39 is 5.82 Å². The summed E-state index contributed by atoms with van der Waals surface area (Å²) in [5, 5.41) is 8.73. The van der Waals surface area contributed by atoms with Crippen molar-refractivity contribution in [1.29, 1.82) is 5.26 Å². The predicted molar refractivity (Wildman–Crippen MR) is 69.6 cm³/mol. The molecule has 0 aliphatic carbocycles. The minimum absolute atomic E-state index is 0.0327. The number of benzene rings is 2. The third-order valence-electron chi connectivity index (χ3n) is 2.39. The zero-order valence-corrected chi connectivity index (χ0v) is 10.9. The Hall–Kier alpha value is -1.86. The van der Waals surface area contributed by atoms with Crippen LogP contribution in [0.1, 0.15) is 11.1 Å². The molecule has 0 N–H and O–H groups in total. The second kappa shape index (κ2) is 5.65. The number of hydrogen-bond acceptors (Lipinski definition) is 2. The van der Waals surface area contributed by atoms with Crippen molar-refractivity contribution in [1.82, 2.24) is 0 Å². The molecule has 2 aromatic carbocycles. The molecule has 0 saturated carbocycles. The third kappa shape index (κ3) is 2.88. The van der Waals surface area contributed by atoms with Gasteiger partial charge >= 0.3 is 0 Å². The summed E-state index contributed by atoms with van der Waals surface area (Å²) >= 11 is 3.33. The lowest BCUT2D eigenvalue weighted by Crippen LogP contribution is -2.00. The molecule has 0 aliphatic rings. The van der Waals surface area contributed by atoms with Crippen LogP contribution in [0.15, 0.2) is 46.9 Å². The fourth-order valence-corrected chi connectivity index (χ4v) is 1.87. The molecular formula is C14H9BrFNO. The maximum atomic E-state index is 13.7. The molecule has 0 aliphatic heterocycles. The summed E-state index contributed by atoms with van der Waals surface area (Å²) < 4.78 is 20.1. The van der Waals surface area contributed by atoms with Gasteiger partial charge in [0.2, 0.25) is 0 Å². The number of halogens is 2. The molecule has 0 unspecified atom stereocenters. The van der Waals surface area contributed by atoms with Crippen molar-refractivity contribution in [2.24, 2.45) is 0 Å². The normalized spacial score (nSPS) is 9.83. The summed E-state index contributed by atoms with van der Waals surface area (Å²) in [5.74, 6) is 0.126. The Bertz CT molecular complexity index is 607. The van der Waals surface area contributed by atoms with Crippen LogP contribution >= 0.6 is 15.9 Å². The molecule has 4 heteroatoms. The molecule has 0 spiro atoms. The zero-order chi connectivity index (χ0) is 13.0. The van der Waals surface area contributed by atoms with Gasteiger partial charge in [0.15, 0.2) is 0 Å². The van der Waals surface area contributed by atoms with E-state index >= 15 is 0 Å². The minimum Gasteiger partial charge on any atom is -0.489 e. The van der Waals surface area contributed by atoms with E-state index in [4.69, 9.17) is 10.00 Å². The van der Waals surface area contributed by atoms with E-state index in [2.05, 4.69) is 15.9 Å². The Morgan fingerprint density at radius 1 is 1.22 bits per heavy atom. The molecule has 0 aromatic heterocycles. The molecule has 0 fully saturated rings. The summed E-state index contributed by atoms with van der Waals surface area (Å²) in [6, 6.07) is 13.8. The molecule has 90 valence electrons. The Kier molecular flexibility index (Phi) is 3.96. The highest BCUT2D eigenvalue weighted by Crippen LogP contribution is 2.20. The summed E-state index contributed by atoms with van der Waals surface area (Å²) in [6.45, 7) is 0.0950. The monoisotopic (exact) mass is 305 g/mol. The molecule has 0 heterocycles. The lowest BCUT2D eigenvalue weighted by molar-refractivity contribution is 0.299. The van der Waals surface area contributed by atoms with Crippen molar-refractivity contribution >= 4 is 15.9 Å². The van der Waals surface area contributed by atoms with Gasteiger partial charge < -0.3 is 4.74 Å². The van der Waals surface area contributed by atoms with Crippen LogP contribution in [0.4, 0.5) is 4.39 Å². The first kappa shape index (κ1) is 12.6. The van der Waals surface area contributed by atoms with Crippen LogP contribution < -0.4 is 4.74 Å². The largest absolute Gasteiger partial charge is 0.489 e. The highest BCUT2D eigenvalue weighted by Gasteiger charge is 2.07. The van der Waals surface area contributed by atoms with Crippen molar-refractivity contribution in [2.45, 2.75) is 6.61 Å². The summed E-state index contributed by atoms with van der Waals surface area (Å²) in [5.41, 5.74) is 0.402. The molecule has 0 radical (unpaired) electrons. The van der Waals surface area contributed by atoms with Crippen LogP contribution in [0.5, 0.6) is 5.75 Å². The van der Waals surface area contributed by atoms with Crippen LogP contribution in [0.3, 0.4) is 0 Å². The van der Waals surface area contributed by atoms with Crippen LogP contribution in [0, 0.1) is 17.1 Å². The first-order valence-electron chi connectivity index (χ1n) is 5.26. The average Bonchev–Trinajstić information content (AvgIpc) is 2.38. The van der Waals surface area contributed by atoms with Gasteiger partial charge in [0, 0.05) is 10.0 Å². The smallest absolute Gasteiger partial charge is 0.147 e. The van der Waals surface area contributed by atoms with Crippen LogP contribution in [-0.4, -0.2) is 0 Å². The van der Waals surface area contributed by atoms with Gasteiger partial charge in [0.1, 0.15) is 24.2 Å². The molecule has 0 amide bonds. The first-order chi connectivity index (χ1) is 8.70. The lowest BCUT2D eigenvalue weighted by atomic mass is 10.1. The molecule has 2 aromatic rings. The second-order valence-corrected chi connectivity index (χ2v) is 4.55. The number of hydrogen-bond donors (Lipinski definition) is 0. The first-order valence-corrected chi connectivity index (χ1v) is 6.06. The standard InChI is InChI=1S/C14H9BrFNO/c15-12-5-2-6-13(7-12)18-9-11-4-1-3-10(8-17)14(11)16/h1-7H,9H2. The summed E-state index contributed by atoms with van der Waals surface area (Å²) in [7, 11) is 0. The van der Waals surface area contributed by atoms with E-state index in [0.29, 0.717) is 11.3 Å². The third-order valence-corrected chi connectivity index (χ3v) is 2.88. The molecule has 2 nitrogen and oxygen atoms in total. The summed E-state index contributed by atoms with van der Waals surface area (Å²) in [4.78, 5) is 0. The summed E-state index contributed by atoms with van der Waals surface area (Å²) in [6.07, 6.45) is 0. The number of ether oxygens (including phenoxy) is 1. The van der Waals surface area contributed by atoms with E-state index in [0.717, 1.165) is 4.47 Å². The number of nitriles is 1. The van der Waals surface area contributed by atoms with Gasteiger partial charge in [-0.05, 0) is 24.3 Å². The van der Waals surface area contributed by atoms with Crippen molar-refractivity contribution in [3.05, 3.63) is 63.9 Å².